The van der Waals surface area contributed by atoms with Crippen LogP contribution in [0, 0.1) is 0 Å². The predicted octanol–water partition coefficient (Wildman–Crippen LogP) is 4.60. The minimum absolute atomic E-state index is 0.0905. The van der Waals surface area contributed by atoms with Crippen molar-refractivity contribution in [2.45, 2.75) is 26.3 Å². The Kier molecular flexibility index (Phi) is 6.44. The SMILES string of the molecule is COc1ccc(CNC(=O)c2cnn(-c3cccc(Cl)c3)c2C(C)C)c(OC)c1. The average Bonchev–Trinajstić information content (AvgIpc) is 3.17. The van der Waals surface area contributed by atoms with Gasteiger partial charge >= 0.3 is 0 Å². The zero-order valence-corrected chi connectivity index (χ0v) is 17.7. The first-order chi connectivity index (χ1) is 13.9. The maximum atomic E-state index is 12.9. The number of amides is 1. The highest BCUT2D eigenvalue weighted by atomic mass is 35.5. The molecule has 6 nitrogen and oxygen atoms in total. The largest absolute Gasteiger partial charge is 0.497 e. The molecule has 0 atom stereocenters. The third-order valence-electron chi connectivity index (χ3n) is 4.58. The topological polar surface area (TPSA) is 65.4 Å². The highest BCUT2D eigenvalue weighted by Gasteiger charge is 2.21. The Bertz CT molecular complexity index is 1010. The lowest BCUT2D eigenvalue weighted by molar-refractivity contribution is 0.0949. The Morgan fingerprint density at radius 3 is 2.62 bits per heavy atom. The number of benzene rings is 2. The van der Waals surface area contributed by atoms with Crippen LogP contribution >= 0.6 is 11.6 Å². The predicted molar refractivity (Wildman–Crippen MR) is 113 cm³/mol. The van der Waals surface area contributed by atoms with Gasteiger partial charge in [0.05, 0.1) is 37.4 Å². The number of carbonyl (C=O) groups excluding carboxylic acids is 1. The lowest BCUT2D eigenvalue weighted by Crippen LogP contribution is -2.24. The van der Waals surface area contributed by atoms with Crippen molar-refractivity contribution < 1.29 is 14.3 Å². The smallest absolute Gasteiger partial charge is 0.255 e. The van der Waals surface area contributed by atoms with E-state index in [4.69, 9.17) is 21.1 Å². The van der Waals surface area contributed by atoms with Gasteiger partial charge in [-0.25, -0.2) is 4.68 Å². The van der Waals surface area contributed by atoms with Gasteiger partial charge < -0.3 is 14.8 Å². The van der Waals surface area contributed by atoms with E-state index in [1.165, 1.54) is 0 Å². The Hall–Kier alpha value is -2.99. The Balaban J connectivity index is 1.85. The van der Waals surface area contributed by atoms with Gasteiger partial charge in [0.25, 0.3) is 5.91 Å². The van der Waals surface area contributed by atoms with E-state index in [9.17, 15) is 4.79 Å². The van der Waals surface area contributed by atoms with Crippen molar-refractivity contribution in [3.05, 3.63) is 70.5 Å². The van der Waals surface area contributed by atoms with Crippen LogP contribution in [0.2, 0.25) is 5.02 Å². The molecule has 152 valence electrons. The monoisotopic (exact) mass is 413 g/mol. The van der Waals surface area contributed by atoms with E-state index in [1.54, 1.807) is 37.2 Å². The van der Waals surface area contributed by atoms with Crippen LogP contribution in [0.15, 0.2) is 48.7 Å². The molecule has 7 heteroatoms. The van der Waals surface area contributed by atoms with E-state index in [0.29, 0.717) is 28.6 Å². The van der Waals surface area contributed by atoms with Gasteiger partial charge in [-0.2, -0.15) is 5.10 Å². The van der Waals surface area contributed by atoms with Gasteiger partial charge in [0.1, 0.15) is 11.5 Å². The summed E-state index contributed by atoms with van der Waals surface area (Å²) in [4.78, 5) is 12.9. The van der Waals surface area contributed by atoms with Crippen molar-refractivity contribution in [2.75, 3.05) is 14.2 Å². The molecule has 1 N–H and O–H groups in total. The summed E-state index contributed by atoms with van der Waals surface area (Å²) in [7, 11) is 3.19. The fraction of sp³-hybridized carbons (Fsp3) is 0.273. The average molecular weight is 414 g/mol. The fourth-order valence-corrected chi connectivity index (χ4v) is 3.36. The number of aromatic nitrogens is 2. The van der Waals surface area contributed by atoms with Crippen LogP contribution < -0.4 is 14.8 Å². The molecule has 1 aromatic heterocycles. The molecule has 0 fully saturated rings. The summed E-state index contributed by atoms with van der Waals surface area (Å²) in [6.07, 6.45) is 1.59. The van der Waals surface area contributed by atoms with Gasteiger partial charge in [-0.3, -0.25) is 4.79 Å². The number of hydrogen-bond acceptors (Lipinski definition) is 4. The van der Waals surface area contributed by atoms with E-state index in [2.05, 4.69) is 10.4 Å². The number of hydrogen-bond donors (Lipinski definition) is 1. The molecular weight excluding hydrogens is 390 g/mol. The Labute approximate surface area is 175 Å². The second-order valence-corrected chi connectivity index (χ2v) is 7.29. The summed E-state index contributed by atoms with van der Waals surface area (Å²) in [5.41, 5.74) is 3.03. The molecule has 0 bridgehead atoms. The molecule has 0 aliphatic carbocycles. The molecule has 0 saturated carbocycles. The Morgan fingerprint density at radius 1 is 1.17 bits per heavy atom. The Morgan fingerprint density at radius 2 is 1.97 bits per heavy atom. The lowest BCUT2D eigenvalue weighted by atomic mass is 10.0. The highest BCUT2D eigenvalue weighted by Crippen LogP contribution is 2.26. The van der Waals surface area contributed by atoms with Crippen molar-refractivity contribution in [1.82, 2.24) is 15.1 Å². The first kappa shape index (κ1) is 20.7. The van der Waals surface area contributed by atoms with Crippen LogP contribution in [-0.2, 0) is 6.54 Å². The third-order valence-corrected chi connectivity index (χ3v) is 4.82. The lowest BCUT2D eigenvalue weighted by Gasteiger charge is -2.14. The molecule has 0 radical (unpaired) electrons. The normalized spacial score (nSPS) is 10.8. The summed E-state index contributed by atoms with van der Waals surface area (Å²) >= 11 is 6.12. The van der Waals surface area contributed by atoms with Gasteiger partial charge in [-0.05, 0) is 36.2 Å². The fourth-order valence-electron chi connectivity index (χ4n) is 3.17. The molecule has 0 aliphatic heterocycles. The second kappa shape index (κ2) is 9.01. The second-order valence-electron chi connectivity index (χ2n) is 6.85. The van der Waals surface area contributed by atoms with E-state index in [0.717, 1.165) is 16.9 Å². The van der Waals surface area contributed by atoms with Gasteiger partial charge in [0.15, 0.2) is 0 Å². The molecule has 0 unspecified atom stereocenters. The summed E-state index contributed by atoms with van der Waals surface area (Å²) < 4.78 is 12.4. The van der Waals surface area contributed by atoms with Crippen LogP contribution in [-0.4, -0.2) is 29.9 Å². The summed E-state index contributed by atoms with van der Waals surface area (Å²) in [6.45, 7) is 4.38. The van der Waals surface area contributed by atoms with Crippen molar-refractivity contribution in [2.24, 2.45) is 0 Å². The number of nitrogens with one attached hydrogen (secondary N) is 1. The van der Waals surface area contributed by atoms with Crippen molar-refractivity contribution >= 4 is 17.5 Å². The number of rotatable bonds is 7. The van der Waals surface area contributed by atoms with E-state index in [1.807, 2.05) is 44.2 Å². The number of halogens is 1. The molecule has 0 aliphatic rings. The van der Waals surface area contributed by atoms with Crippen LogP contribution in [0.1, 0.15) is 41.4 Å². The van der Waals surface area contributed by atoms with Crippen molar-refractivity contribution in [1.29, 1.82) is 0 Å². The molecule has 1 heterocycles. The van der Waals surface area contributed by atoms with Crippen LogP contribution in [0.25, 0.3) is 5.69 Å². The zero-order valence-electron chi connectivity index (χ0n) is 16.9. The van der Waals surface area contributed by atoms with Gasteiger partial charge in [-0.1, -0.05) is 31.5 Å². The number of ether oxygens (including phenoxy) is 2. The number of methoxy groups -OCH3 is 2. The molecule has 0 saturated heterocycles. The third kappa shape index (κ3) is 4.54. The van der Waals surface area contributed by atoms with E-state index in [-0.39, 0.29) is 11.8 Å². The van der Waals surface area contributed by atoms with Gasteiger partial charge in [-0.15, -0.1) is 0 Å². The van der Waals surface area contributed by atoms with Crippen molar-refractivity contribution in [3.63, 3.8) is 0 Å². The standard InChI is InChI=1S/C22H24ClN3O3/c1-14(2)21-19(13-25-26(21)17-7-5-6-16(23)10-17)22(27)24-12-15-8-9-18(28-3)11-20(15)29-4/h5-11,13-14H,12H2,1-4H3,(H,24,27). The van der Waals surface area contributed by atoms with Gasteiger partial charge in [0.2, 0.25) is 0 Å². The zero-order chi connectivity index (χ0) is 21.0. The molecule has 3 aromatic rings. The van der Waals surface area contributed by atoms with Gasteiger partial charge in [0, 0.05) is 23.2 Å². The summed E-state index contributed by atoms with van der Waals surface area (Å²) in [6, 6.07) is 12.9. The first-order valence-electron chi connectivity index (χ1n) is 9.27. The van der Waals surface area contributed by atoms with Crippen LogP contribution in [0.3, 0.4) is 0 Å². The maximum Gasteiger partial charge on any atom is 0.255 e. The van der Waals surface area contributed by atoms with Crippen molar-refractivity contribution in [3.8, 4) is 17.2 Å². The molecule has 1 amide bonds. The number of carbonyl (C=O) groups is 1. The minimum Gasteiger partial charge on any atom is -0.497 e. The van der Waals surface area contributed by atoms with E-state index >= 15 is 0 Å². The molecule has 0 spiro atoms. The molecule has 2 aromatic carbocycles. The maximum absolute atomic E-state index is 12.9. The first-order valence-corrected chi connectivity index (χ1v) is 9.65. The van der Waals surface area contributed by atoms with E-state index < -0.39 is 0 Å². The van der Waals surface area contributed by atoms with Crippen LogP contribution in [0.4, 0.5) is 0 Å². The van der Waals surface area contributed by atoms with Crippen LogP contribution in [0.5, 0.6) is 11.5 Å². The molecular formula is C22H24ClN3O3. The molecule has 29 heavy (non-hydrogen) atoms. The quantitative estimate of drug-likeness (QED) is 0.615. The summed E-state index contributed by atoms with van der Waals surface area (Å²) in [5.74, 6) is 1.25. The number of nitrogens with zero attached hydrogens (tertiary/aromatic N) is 2. The highest BCUT2D eigenvalue weighted by molar-refractivity contribution is 6.30. The summed E-state index contributed by atoms with van der Waals surface area (Å²) in [5, 5.41) is 8.01. The minimum atomic E-state index is -0.195. The molecule has 3 rings (SSSR count).